The summed E-state index contributed by atoms with van der Waals surface area (Å²) < 4.78 is 1.92. The molecule has 2 rings (SSSR count). The molecule has 0 aliphatic heterocycles. The van der Waals surface area contributed by atoms with Crippen LogP contribution in [0.1, 0.15) is 21.7 Å². The molecule has 0 aliphatic rings. The molecule has 2 aromatic rings. The zero-order valence-corrected chi connectivity index (χ0v) is 15.4. The van der Waals surface area contributed by atoms with Crippen molar-refractivity contribution in [1.29, 1.82) is 0 Å². The van der Waals surface area contributed by atoms with Crippen LogP contribution in [0, 0.1) is 24.0 Å². The summed E-state index contributed by atoms with van der Waals surface area (Å²) in [6.45, 7) is 3.31. The molecule has 0 spiro atoms. The van der Waals surface area contributed by atoms with E-state index in [-0.39, 0.29) is 22.3 Å². The van der Waals surface area contributed by atoms with Gasteiger partial charge in [-0.15, -0.1) is 0 Å². The van der Waals surface area contributed by atoms with Crippen LogP contribution < -0.4 is 10.6 Å². The van der Waals surface area contributed by atoms with Gasteiger partial charge in [-0.1, -0.05) is 0 Å². The lowest BCUT2D eigenvalue weighted by Gasteiger charge is -2.08. The van der Waals surface area contributed by atoms with Gasteiger partial charge < -0.3 is 10.6 Å². The Morgan fingerprint density at radius 2 is 2.04 bits per heavy atom. The van der Waals surface area contributed by atoms with Gasteiger partial charge in [0.1, 0.15) is 0 Å². The highest BCUT2D eigenvalue weighted by Crippen LogP contribution is 2.25. The van der Waals surface area contributed by atoms with E-state index >= 15 is 0 Å². The average Bonchev–Trinajstić information content (AvgIpc) is 2.79. The third-order valence-electron chi connectivity index (χ3n) is 3.59. The zero-order chi connectivity index (χ0) is 18.7. The molecule has 10 heteroatoms. The predicted octanol–water partition coefficient (Wildman–Crippen LogP) is 2.08. The second-order valence-corrected chi connectivity index (χ2v) is 6.18. The number of rotatable bonds is 5. The quantitative estimate of drug-likeness (QED) is 0.578. The van der Waals surface area contributed by atoms with E-state index in [1.54, 1.807) is 18.7 Å². The van der Waals surface area contributed by atoms with Gasteiger partial charge >= 0.3 is 0 Å². The lowest BCUT2D eigenvalue weighted by molar-refractivity contribution is -0.385. The lowest BCUT2D eigenvalue weighted by Crippen LogP contribution is -2.33. The number of nitrogens with zero attached hydrogens (tertiary/aromatic N) is 3. The summed E-state index contributed by atoms with van der Waals surface area (Å²) in [5, 5.41) is 20.2. The smallest absolute Gasteiger partial charge is 0.284 e. The summed E-state index contributed by atoms with van der Waals surface area (Å²) in [5.74, 6) is -0.996. The van der Waals surface area contributed by atoms with Crippen molar-refractivity contribution >= 4 is 39.1 Å². The topological polar surface area (TPSA) is 119 Å². The van der Waals surface area contributed by atoms with Crippen LogP contribution in [-0.2, 0) is 11.8 Å². The molecule has 25 heavy (non-hydrogen) atoms. The number of aryl methyl sites for hydroxylation is 2. The van der Waals surface area contributed by atoms with E-state index < -0.39 is 16.7 Å². The van der Waals surface area contributed by atoms with Gasteiger partial charge in [0.2, 0.25) is 5.91 Å². The van der Waals surface area contributed by atoms with Crippen molar-refractivity contribution in [2.45, 2.75) is 13.8 Å². The summed E-state index contributed by atoms with van der Waals surface area (Å²) >= 11 is 3.05. The monoisotopic (exact) mass is 409 g/mol. The molecular weight excluding hydrogens is 394 g/mol. The average molecular weight is 410 g/mol. The summed E-state index contributed by atoms with van der Waals surface area (Å²) in [7, 11) is 1.76. The van der Waals surface area contributed by atoms with Gasteiger partial charge in [0, 0.05) is 18.7 Å². The van der Waals surface area contributed by atoms with Crippen LogP contribution >= 0.6 is 15.9 Å². The van der Waals surface area contributed by atoms with E-state index in [1.165, 1.54) is 12.1 Å². The highest BCUT2D eigenvalue weighted by atomic mass is 79.9. The van der Waals surface area contributed by atoms with Crippen molar-refractivity contribution in [2.75, 3.05) is 11.9 Å². The van der Waals surface area contributed by atoms with Crippen molar-refractivity contribution in [1.82, 2.24) is 15.1 Å². The van der Waals surface area contributed by atoms with Gasteiger partial charge in [0.25, 0.3) is 11.6 Å². The minimum atomic E-state index is -0.596. The third kappa shape index (κ3) is 4.21. The van der Waals surface area contributed by atoms with Gasteiger partial charge in [-0.25, -0.2) is 0 Å². The fourth-order valence-corrected chi connectivity index (χ4v) is 2.59. The summed E-state index contributed by atoms with van der Waals surface area (Å²) in [6, 6.07) is 3.99. The molecular formula is C15H16BrN5O4. The largest absolute Gasteiger partial charge is 0.343 e. The maximum absolute atomic E-state index is 12.1. The van der Waals surface area contributed by atoms with E-state index in [4.69, 9.17) is 0 Å². The number of nitro benzene ring substituents is 1. The number of aromatic nitrogens is 2. The van der Waals surface area contributed by atoms with Crippen molar-refractivity contribution < 1.29 is 14.5 Å². The van der Waals surface area contributed by atoms with Gasteiger partial charge in [-0.05, 0) is 41.9 Å². The van der Waals surface area contributed by atoms with E-state index in [0.29, 0.717) is 11.4 Å². The highest BCUT2D eigenvalue weighted by Gasteiger charge is 2.17. The fraction of sp³-hybridized carbons (Fsp3) is 0.267. The number of hydrogen-bond donors (Lipinski definition) is 2. The Labute approximate surface area is 151 Å². The Hall–Kier alpha value is -2.75. The van der Waals surface area contributed by atoms with E-state index in [2.05, 4.69) is 31.7 Å². The molecule has 0 saturated heterocycles. The summed E-state index contributed by atoms with van der Waals surface area (Å²) in [5.41, 5.74) is 1.93. The number of anilines is 1. The number of halogens is 1. The Morgan fingerprint density at radius 1 is 1.36 bits per heavy atom. The Kier molecular flexibility index (Phi) is 5.52. The van der Waals surface area contributed by atoms with E-state index in [1.807, 2.05) is 6.92 Å². The Bertz CT molecular complexity index is 862. The van der Waals surface area contributed by atoms with E-state index in [0.717, 1.165) is 11.8 Å². The first-order valence-corrected chi connectivity index (χ1v) is 8.02. The maximum atomic E-state index is 12.1. The summed E-state index contributed by atoms with van der Waals surface area (Å²) in [6.07, 6.45) is 0. The normalized spacial score (nSPS) is 10.4. The molecule has 132 valence electrons. The fourth-order valence-electron chi connectivity index (χ4n) is 2.19. The number of carbonyl (C=O) groups excluding carboxylic acids is 2. The van der Waals surface area contributed by atoms with Crippen molar-refractivity contribution in [3.8, 4) is 0 Å². The SMILES string of the molecule is Cc1nn(C)c(C)c1NC(=O)CNC(=O)c1ccc(Br)c([N+](=O)[O-])c1. The molecule has 1 heterocycles. The number of nitro groups is 1. The molecule has 0 bridgehead atoms. The number of hydrogen-bond acceptors (Lipinski definition) is 5. The number of amides is 2. The van der Waals surface area contributed by atoms with Crippen molar-refractivity contribution in [3.63, 3.8) is 0 Å². The first kappa shape index (κ1) is 18.6. The molecule has 2 N–H and O–H groups in total. The second kappa shape index (κ2) is 7.43. The van der Waals surface area contributed by atoms with Gasteiger partial charge in [0.05, 0.1) is 33.0 Å². The van der Waals surface area contributed by atoms with Gasteiger partial charge in [-0.3, -0.25) is 24.4 Å². The highest BCUT2D eigenvalue weighted by molar-refractivity contribution is 9.10. The molecule has 0 saturated carbocycles. The van der Waals surface area contributed by atoms with Crippen molar-refractivity contribution in [3.05, 3.63) is 49.7 Å². The number of nitrogens with one attached hydrogen (secondary N) is 2. The third-order valence-corrected chi connectivity index (χ3v) is 4.26. The first-order chi connectivity index (χ1) is 11.7. The molecule has 9 nitrogen and oxygen atoms in total. The van der Waals surface area contributed by atoms with Gasteiger partial charge in [0.15, 0.2) is 0 Å². The lowest BCUT2D eigenvalue weighted by atomic mass is 10.2. The minimum Gasteiger partial charge on any atom is -0.343 e. The van der Waals surface area contributed by atoms with Crippen LogP contribution in [0.2, 0.25) is 0 Å². The molecule has 0 unspecified atom stereocenters. The zero-order valence-electron chi connectivity index (χ0n) is 13.8. The Morgan fingerprint density at radius 3 is 2.60 bits per heavy atom. The first-order valence-electron chi connectivity index (χ1n) is 7.23. The Balaban J connectivity index is 2.01. The standard InChI is InChI=1S/C15H16BrN5O4/c1-8-14(9(2)20(3)19-8)18-13(22)7-17-15(23)10-4-5-11(16)12(6-10)21(24)25/h4-6H,7H2,1-3H3,(H,17,23)(H,18,22). The molecule has 1 aromatic carbocycles. The minimum absolute atomic E-state index is 0.0939. The molecule has 0 aliphatic carbocycles. The molecule has 0 fully saturated rings. The maximum Gasteiger partial charge on any atom is 0.284 e. The van der Waals surface area contributed by atoms with Crippen LogP contribution in [0.4, 0.5) is 11.4 Å². The van der Waals surface area contributed by atoms with Crippen LogP contribution in [-0.4, -0.2) is 33.1 Å². The molecule has 0 atom stereocenters. The second-order valence-electron chi connectivity index (χ2n) is 5.32. The van der Waals surface area contributed by atoms with Crippen LogP contribution in [0.25, 0.3) is 0 Å². The van der Waals surface area contributed by atoms with Crippen molar-refractivity contribution in [2.24, 2.45) is 7.05 Å². The number of benzene rings is 1. The molecule has 2 amide bonds. The van der Waals surface area contributed by atoms with Crippen LogP contribution in [0.3, 0.4) is 0 Å². The predicted molar refractivity (Wildman–Crippen MR) is 94.4 cm³/mol. The van der Waals surface area contributed by atoms with E-state index in [9.17, 15) is 19.7 Å². The molecule has 0 radical (unpaired) electrons. The number of carbonyl (C=O) groups is 2. The van der Waals surface area contributed by atoms with Crippen LogP contribution in [0.5, 0.6) is 0 Å². The van der Waals surface area contributed by atoms with Crippen LogP contribution in [0.15, 0.2) is 22.7 Å². The van der Waals surface area contributed by atoms with Gasteiger partial charge in [-0.2, -0.15) is 5.10 Å². The summed E-state index contributed by atoms with van der Waals surface area (Å²) in [4.78, 5) is 34.4. The molecule has 1 aromatic heterocycles.